The van der Waals surface area contributed by atoms with E-state index in [1.54, 1.807) is 18.2 Å². The van der Waals surface area contributed by atoms with Crippen LogP contribution in [0.25, 0.3) is 10.8 Å². The fourth-order valence-electron chi connectivity index (χ4n) is 2.26. The quantitative estimate of drug-likeness (QED) is 0.689. The molecule has 1 aliphatic rings. The molecular weight excluding hydrogens is 195 g/mol. The van der Waals surface area contributed by atoms with Crippen LogP contribution in [0, 0.1) is 5.82 Å². The fraction of sp³-hybridized carbons (Fsp3) is 0.167. The van der Waals surface area contributed by atoms with Gasteiger partial charge in [-0.3, -0.25) is 0 Å². The summed E-state index contributed by atoms with van der Waals surface area (Å²) >= 11 is 0. The minimum Gasteiger partial charge on any atom is -0.385 e. The molecule has 2 aromatic rings. The van der Waals surface area contributed by atoms with Crippen LogP contribution >= 0.6 is 0 Å². The molecule has 2 aromatic carbocycles. The zero-order chi connectivity index (χ0) is 10.6. The van der Waals surface area contributed by atoms with Gasteiger partial charge in [0, 0.05) is 5.39 Å². The lowest BCUT2D eigenvalue weighted by molar-refractivity contribution is 0.0253. The summed E-state index contributed by atoms with van der Waals surface area (Å²) in [4.78, 5) is 0. The molecule has 3 heteroatoms. The summed E-state index contributed by atoms with van der Waals surface area (Å²) in [5.41, 5.74) is 1.21. The SMILES string of the molecule is OC1c2cccc3c(F)ccc(c23)C1O. The number of hydrogen-bond donors (Lipinski definition) is 2. The van der Waals surface area contributed by atoms with Gasteiger partial charge in [-0.15, -0.1) is 0 Å². The van der Waals surface area contributed by atoms with Gasteiger partial charge in [-0.05, 0) is 22.6 Å². The van der Waals surface area contributed by atoms with E-state index in [2.05, 4.69) is 0 Å². The minimum atomic E-state index is -0.939. The molecule has 0 aromatic heterocycles. The fourth-order valence-corrected chi connectivity index (χ4v) is 2.26. The monoisotopic (exact) mass is 204 g/mol. The van der Waals surface area contributed by atoms with E-state index < -0.39 is 12.2 Å². The molecule has 2 nitrogen and oxygen atoms in total. The van der Waals surface area contributed by atoms with Crippen molar-refractivity contribution in [3.8, 4) is 0 Å². The first-order chi connectivity index (χ1) is 7.20. The molecule has 0 spiro atoms. The second-order valence-corrected chi connectivity index (χ2v) is 3.80. The zero-order valence-corrected chi connectivity index (χ0v) is 7.81. The Balaban J connectivity index is 2.51. The van der Waals surface area contributed by atoms with E-state index in [0.717, 1.165) is 0 Å². The maximum Gasteiger partial charge on any atom is 0.131 e. The molecular formula is C12H9FO2. The highest BCUT2D eigenvalue weighted by Gasteiger charge is 2.31. The normalized spacial score (nSPS) is 23.7. The first-order valence-corrected chi connectivity index (χ1v) is 4.77. The molecule has 0 fully saturated rings. The molecule has 2 unspecified atom stereocenters. The molecule has 0 saturated carbocycles. The van der Waals surface area contributed by atoms with Gasteiger partial charge in [0.25, 0.3) is 0 Å². The van der Waals surface area contributed by atoms with Gasteiger partial charge in [0.15, 0.2) is 0 Å². The number of hydrogen-bond acceptors (Lipinski definition) is 2. The first kappa shape index (κ1) is 8.83. The minimum absolute atomic E-state index is 0.322. The van der Waals surface area contributed by atoms with Crippen LogP contribution in [0.2, 0.25) is 0 Å². The number of rotatable bonds is 0. The predicted octanol–water partition coefficient (Wildman–Crippen LogP) is 2.06. The topological polar surface area (TPSA) is 40.5 Å². The Bertz CT molecular complexity index is 536. The lowest BCUT2D eigenvalue weighted by Crippen LogP contribution is -2.02. The van der Waals surface area contributed by atoms with E-state index in [1.165, 1.54) is 12.1 Å². The Morgan fingerprint density at radius 2 is 1.60 bits per heavy atom. The largest absolute Gasteiger partial charge is 0.385 e. The summed E-state index contributed by atoms with van der Waals surface area (Å²) in [5.74, 6) is -0.322. The first-order valence-electron chi connectivity index (χ1n) is 4.77. The van der Waals surface area contributed by atoms with Gasteiger partial charge in [-0.1, -0.05) is 24.3 Å². The van der Waals surface area contributed by atoms with Gasteiger partial charge < -0.3 is 10.2 Å². The van der Waals surface area contributed by atoms with Gasteiger partial charge in [-0.2, -0.15) is 0 Å². The maximum atomic E-state index is 13.5. The van der Waals surface area contributed by atoms with E-state index in [1.807, 2.05) is 0 Å². The van der Waals surface area contributed by atoms with Gasteiger partial charge in [0.05, 0.1) is 0 Å². The molecule has 0 aliphatic heterocycles. The molecule has 0 bridgehead atoms. The molecule has 2 N–H and O–H groups in total. The Morgan fingerprint density at radius 1 is 0.933 bits per heavy atom. The number of halogens is 1. The lowest BCUT2D eigenvalue weighted by atomic mass is 10.0. The van der Waals surface area contributed by atoms with Crippen molar-refractivity contribution < 1.29 is 14.6 Å². The highest BCUT2D eigenvalue weighted by Crippen LogP contribution is 2.44. The smallest absolute Gasteiger partial charge is 0.131 e. The van der Waals surface area contributed by atoms with Crippen molar-refractivity contribution in [3.63, 3.8) is 0 Å². The third kappa shape index (κ3) is 0.991. The van der Waals surface area contributed by atoms with Crippen LogP contribution in [-0.2, 0) is 0 Å². The average molecular weight is 204 g/mol. The van der Waals surface area contributed by atoms with Crippen molar-refractivity contribution in [3.05, 3.63) is 47.3 Å². The summed E-state index contributed by atoms with van der Waals surface area (Å²) in [6.07, 6.45) is -1.88. The third-order valence-electron chi connectivity index (χ3n) is 2.99. The number of benzene rings is 2. The molecule has 0 heterocycles. The molecule has 0 amide bonds. The zero-order valence-electron chi connectivity index (χ0n) is 7.81. The van der Waals surface area contributed by atoms with Crippen LogP contribution in [0.1, 0.15) is 23.3 Å². The molecule has 0 saturated heterocycles. The van der Waals surface area contributed by atoms with Crippen molar-refractivity contribution in [2.45, 2.75) is 12.2 Å². The molecule has 3 rings (SSSR count). The Labute approximate surface area is 85.6 Å². The van der Waals surface area contributed by atoms with Gasteiger partial charge in [0.1, 0.15) is 18.0 Å². The van der Waals surface area contributed by atoms with E-state index in [4.69, 9.17) is 0 Å². The van der Waals surface area contributed by atoms with Gasteiger partial charge >= 0.3 is 0 Å². The standard InChI is InChI=1S/C12H9FO2/c13-9-5-4-8-10-6(9)2-1-3-7(10)11(14)12(8)15/h1-5,11-12,14-15H. The van der Waals surface area contributed by atoms with Crippen molar-refractivity contribution in [1.29, 1.82) is 0 Å². The molecule has 2 atom stereocenters. The summed E-state index contributed by atoms with van der Waals surface area (Å²) < 4.78 is 13.5. The summed E-state index contributed by atoms with van der Waals surface area (Å²) in [6, 6.07) is 7.91. The Hall–Kier alpha value is -1.45. The van der Waals surface area contributed by atoms with Crippen LogP contribution in [-0.4, -0.2) is 10.2 Å². The van der Waals surface area contributed by atoms with Gasteiger partial charge in [0.2, 0.25) is 0 Å². The van der Waals surface area contributed by atoms with Crippen LogP contribution in [0.5, 0.6) is 0 Å². The Morgan fingerprint density at radius 3 is 2.33 bits per heavy atom. The third-order valence-corrected chi connectivity index (χ3v) is 2.99. The summed E-state index contributed by atoms with van der Waals surface area (Å²) in [6.45, 7) is 0. The number of aliphatic hydroxyl groups excluding tert-OH is 2. The van der Waals surface area contributed by atoms with Crippen molar-refractivity contribution in [2.24, 2.45) is 0 Å². The highest BCUT2D eigenvalue weighted by atomic mass is 19.1. The van der Waals surface area contributed by atoms with Crippen LogP contribution in [0.4, 0.5) is 4.39 Å². The molecule has 1 aliphatic carbocycles. The van der Waals surface area contributed by atoms with Crippen LogP contribution < -0.4 is 0 Å². The van der Waals surface area contributed by atoms with Crippen molar-refractivity contribution in [2.75, 3.05) is 0 Å². The summed E-state index contributed by atoms with van der Waals surface area (Å²) in [7, 11) is 0. The highest BCUT2D eigenvalue weighted by molar-refractivity contribution is 5.92. The Kier molecular flexibility index (Phi) is 1.63. The second-order valence-electron chi connectivity index (χ2n) is 3.80. The molecule has 0 radical (unpaired) electrons. The predicted molar refractivity (Wildman–Crippen MR) is 53.8 cm³/mol. The van der Waals surface area contributed by atoms with Crippen molar-refractivity contribution in [1.82, 2.24) is 0 Å². The van der Waals surface area contributed by atoms with E-state index in [9.17, 15) is 14.6 Å². The van der Waals surface area contributed by atoms with E-state index in [-0.39, 0.29) is 5.82 Å². The molecule has 15 heavy (non-hydrogen) atoms. The van der Waals surface area contributed by atoms with E-state index in [0.29, 0.717) is 21.9 Å². The maximum absolute atomic E-state index is 13.5. The van der Waals surface area contributed by atoms with Crippen LogP contribution in [0.15, 0.2) is 30.3 Å². The van der Waals surface area contributed by atoms with Crippen LogP contribution in [0.3, 0.4) is 0 Å². The molecule has 76 valence electrons. The average Bonchev–Trinajstić information content (AvgIpc) is 2.50. The number of aliphatic hydroxyl groups is 2. The lowest BCUT2D eigenvalue weighted by Gasteiger charge is -2.08. The summed E-state index contributed by atoms with van der Waals surface area (Å²) in [5, 5.41) is 20.6. The second kappa shape index (κ2) is 2.78. The van der Waals surface area contributed by atoms with Crippen molar-refractivity contribution >= 4 is 10.8 Å². The van der Waals surface area contributed by atoms with Gasteiger partial charge in [-0.25, -0.2) is 4.39 Å². The van der Waals surface area contributed by atoms with E-state index >= 15 is 0 Å².